The van der Waals surface area contributed by atoms with Gasteiger partial charge in [-0.05, 0) is 11.6 Å². The van der Waals surface area contributed by atoms with Crippen LogP contribution in [0.25, 0.3) is 0 Å². The van der Waals surface area contributed by atoms with E-state index in [1.165, 1.54) is 5.56 Å². The summed E-state index contributed by atoms with van der Waals surface area (Å²) in [6, 6.07) is 8.01. The van der Waals surface area contributed by atoms with Gasteiger partial charge in [-0.1, -0.05) is 23.4 Å². The monoisotopic (exact) mass is 371 g/mol. The van der Waals surface area contributed by atoms with E-state index in [2.05, 4.69) is 21.3 Å². The second-order valence-corrected chi connectivity index (χ2v) is 7.06. The summed E-state index contributed by atoms with van der Waals surface area (Å²) in [5.41, 5.74) is 1.56. The van der Waals surface area contributed by atoms with Crippen molar-refractivity contribution in [1.82, 2.24) is 24.8 Å². The van der Waals surface area contributed by atoms with Crippen LogP contribution in [-0.2, 0) is 17.7 Å². The molecule has 0 bridgehead atoms. The predicted molar refractivity (Wildman–Crippen MR) is 98.8 cm³/mol. The first-order valence-corrected chi connectivity index (χ1v) is 9.39. The van der Waals surface area contributed by atoms with Gasteiger partial charge in [-0.15, -0.1) is 5.10 Å². The molecule has 1 fully saturated rings. The number of fused-ring (bicyclic) bond motifs is 1. The Hall–Kier alpha value is -2.45. The Morgan fingerprint density at radius 3 is 2.89 bits per heavy atom. The molecule has 144 valence electrons. The molecular weight excluding hydrogens is 346 g/mol. The van der Waals surface area contributed by atoms with Crippen LogP contribution in [0.3, 0.4) is 0 Å². The molecule has 0 aliphatic carbocycles. The number of para-hydroxylation sites is 1. The molecule has 1 aromatic carbocycles. The Morgan fingerprint density at radius 1 is 1.26 bits per heavy atom. The van der Waals surface area contributed by atoms with Crippen LogP contribution in [-0.4, -0.2) is 83.2 Å². The Labute approximate surface area is 158 Å². The molecule has 2 aliphatic rings. The lowest BCUT2D eigenvalue weighted by atomic mass is 10.1. The number of amides is 1. The summed E-state index contributed by atoms with van der Waals surface area (Å²) in [6.45, 7) is 5.54. The molecule has 8 heteroatoms. The van der Waals surface area contributed by atoms with Gasteiger partial charge in [0.05, 0.1) is 32.5 Å². The van der Waals surface area contributed by atoms with Gasteiger partial charge in [-0.3, -0.25) is 14.4 Å². The minimum absolute atomic E-state index is 0.0206. The van der Waals surface area contributed by atoms with E-state index in [1.54, 1.807) is 22.8 Å². The Morgan fingerprint density at radius 2 is 2.07 bits per heavy atom. The molecule has 1 aromatic heterocycles. The molecule has 27 heavy (non-hydrogen) atoms. The minimum atomic E-state index is -0.132. The standard InChI is InChI=1S/C19H25N5O3/c1-22(13-16-12-15-4-2-3-5-18(15)27-16)19(25)17-14-24(21-20-17)7-6-23-8-10-26-11-9-23/h2-5,14,16H,6-13H2,1H3/t16-/m1/s1. The van der Waals surface area contributed by atoms with E-state index in [-0.39, 0.29) is 12.0 Å². The molecule has 1 saturated heterocycles. The van der Waals surface area contributed by atoms with Crippen LogP contribution in [0.2, 0.25) is 0 Å². The highest BCUT2D eigenvalue weighted by Crippen LogP contribution is 2.28. The van der Waals surface area contributed by atoms with E-state index >= 15 is 0 Å². The van der Waals surface area contributed by atoms with Crippen molar-refractivity contribution in [2.75, 3.05) is 46.4 Å². The third-order valence-electron chi connectivity index (χ3n) is 5.04. The van der Waals surface area contributed by atoms with E-state index in [9.17, 15) is 4.79 Å². The SMILES string of the molecule is CN(C[C@H]1Cc2ccccc2O1)C(=O)c1cn(CCN2CCOCC2)nn1. The molecule has 0 unspecified atom stereocenters. The Bertz CT molecular complexity index is 762. The first kappa shape index (κ1) is 17.9. The minimum Gasteiger partial charge on any atom is -0.488 e. The number of aromatic nitrogens is 3. The number of hydrogen-bond donors (Lipinski definition) is 0. The van der Waals surface area contributed by atoms with Gasteiger partial charge in [-0.2, -0.15) is 0 Å². The van der Waals surface area contributed by atoms with Crippen molar-refractivity contribution in [3.05, 3.63) is 41.7 Å². The number of carbonyl (C=O) groups excluding carboxylic acids is 1. The molecule has 1 atom stereocenters. The van der Waals surface area contributed by atoms with Crippen LogP contribution in [0.15, 0.2) is 30.5 Å². The summed E-state index contributed by atoms with van der Waals surface area (Å²) in [4.78, 5) is 16.6. The molecule has 1 amide bonds. The van der Waals surface area contributed by atoms with Gasteiger partial charge in [0.15, 0.2) is 5.69 Å². The molecule has 3 heterocycles. The van der Waals surface area contributed by atoms with Gasteiger partial charge < -0.3 is 14.4 Å². The average Bonchev–Trinajstić information content (AvgIpc) is 3.33. The van der Waals surface area contributed by atoms with Crippen molar-refractivity contribution in [1.29, 1.82) is 0 Å². The number of ether oxygens (including phenoxy) is 2. The van der Waals surface area contributed by atoms with Crippen LogP contribution in [0, 0.1) is 0 Å². The summed E-state index contributed by atoms with van der Waals surface area (Å²) in [5.74, 6) is 0.782. The number of likely N-dealkylation sites (N-methyl/N-ethyl adjacent to an activating group) is 1. The highest BCUT2D eigenvalue weighted by Gasteiger charge is 2.26. The van der Waals surface area contributed by atoms with Crippen LogP contribution >= 0.6 is 0 Å². The predicted octanol–water partition coefficient (Wildman–Crippen LogP) is 0.686. The zero-order valence-electron chi connectivity index (χ0n) is 15.6. The van der Waals surface area contributed by atoms with E-state index in [1.807, 2.05) is 18.2 Å². The zero-order chi connectivity index (χ0) is 18.6. The summed E-state index contributed by atoms with van der Waals surface area (Å²) >= 11 is 0. The quantitative estimate of drug-likeness (QED) is 0.744. The summed E-state index contributed by atoms with van der Waals surface area (Å²) in [6.07, 6.45) is 2.52. The molecule has 4 rings (SSSR count). The van der Waals surface area contributed by atoms with Crippen LogP contribution < -0.4 is 4.74 Å². The molecule has 2 aromatic rings. The fraction of sp³-hybridized carbons (Fsp3) is 0.526. The molecule has 0 N–H and O–H groups in total. The lowest BCUT2D eigenvalue weighted by Crippen LogP contribution is -2.38. The molecule has 0 spiro atoms. The van der Waals surface area contributed by atoms with Crippen LogP contribution in [0.1, 0.15) is 16.1 Å². The van der Waals surface area contributed by atoms with Crippen molar-refractivity contribution in [2.24, 2.45) is 0 Å². The normalized spacial score (nSPS) is 19.5. The van der Waals surface area contributed by atoms with Gasteiger partial charge in [0, 0.05) is 33.1 Å². The number of nitrogens with zero attached hydrogens (tertiary/aromatic N) is 5. The van der Waals surface area contributed by atoms with Gasteiger partial charge in [0.25, 0.3) is 5.91 Å². The second-order valence-electron chi connectivity index (χ2n) is 7.06. The Balaban J connectivity index is 1.28. The molecular formula is C19H25N5O3. The van der Waals surface area contributed by atoms with E-state index < -0.39 is 0 Å². The fourth-order valence-corrected chi connectivity index (χ4v) is 3.51. The summed E-state index contributed by atoms with van der Waals surface area (Å²) in [5, 5.41) is 8.15. The number of rotatable bonds is 6. The lowest BCUT2D eigenvalue weighted by molar-refractivity contribution is 0.0359. The maximum Gasteiger partial charge on any atom is 0.275 e. The zero-order valence-corrected chi connectivity index (χ0v) is 15.6. The van der Waals surface area contributed by atoms with Crippen molar-refractivity contribution in [2.45, 2.75) is 19.1 Å². The lowest BCUT2D eigenvalue weighted by Gasteiger charge is -2.26. The van der Waals surface area contributed by atoms with E-state index in [4.69, 9.17) is 9.47 Å². The van der Waals surface area contributed by atoms with Crippen LogP contribution in [0.4, 0.5) is 0 Å². The third kappa shape index (κ3) is 4.28. The molecule has 8 nitrogen and oxygen atoms in total. The summed E-state index contributed by atoms with van der Waals surface area (Å²) in [7, 11) is 1.78. The molecule has 0 saturated carbocycles. The number of morpholine rings is 1. The first-order valence-electron chi connectivity index (χ1n) is 9.39. The number of benzene rings is 1. The fourth-order valence-electron chi connectivity index (χ4n) is 3.51. The van der Waals surface area contributed by atoms with Crippen LogP contribution in [0.5, 0.6) is 5.75 Å². The third-order valence-corrected chi connectivity index (χ3v) is 5.04. The van der Waals surface area contributed by atoms with Gasteiger partial charge in [0.2, 0.25) is 0 Å². The number of hydrogen-bond acceptors (Lipinski definition) is 6. The number of carbonyl (C=O) groups is 1. The van der Waals surface area contributed by atoms with Crippen molar-refractivity contribution in [3.63, 3.8) is 0 Å². The van der Waals surface area contributed by atoms with E-state index in [0.29, 0.717) is 18.8 Å². The molecule has 0 radical (unpaired) electrons. The van der Waals surface area contributed by atoms with Crippen molar-refractivity contribution < 1.29 is 14.3 Å². The highest BCUT2D eigenvalue weighted by molar-refractivity contribution is 5.91. The maximum absolute atomic E-state index is 12.7. The Kier molecular flexibility index (Phi) is 5.35. The first-order chi connectivity index (χ1) is 13.2. The van der Waals surface area contributed by atoms with Gasteiger partial charge in [-0.25, -0.2) is 0 Å². The average molecular weight is 371 g/mol. The summed E-state index contributed by atoms with van der Waals surface area (Å²) < 4.78 is 13.0. The topological polar surface area (TPSA) is 72.7 Å². The second kappa shape index (κ2) is 8.06. The van der Waals surface area contributed by atoms with Crippen molar-refractivity contribution >= 4 is 5.91 Å². The van der Waals surface area contributed by atoms with Gasteiger partial charge in [0.1, 0.15) is 11.9 Å². The maximum atomic E-state index is 12.7. The largest absolute Gasteiger partial charge is 0.488 e. The van der Waals surface area contributed by atoms with Gasteiger partial charge >= 0.3 is 0 Å². The van der Waals surface area contributed by atoms with E-state index in [0.717, 1.165) is 45.0 Å². The smallest absolute Gasteiger partial charge is 0.275 e. The highest BCUT2D eigenvalue weighted by atomic mass is 16.5. The molecule has 2 aliphatic heterocycles. The van der Waals surface area contributed by atoms with Crippen molar-refractivity contribution in [3.8, 4) is 5.75 Å².